The zero-order chi connectivity index (χ0) is 17.5. The molecule has 0 aromatic carbocycles. The van der Waals surface area contributed by atoms with Gasteiger partial charge in [0.15, 0.2) is 0 Å². The van der Waals surface area contributed by atoms with Gasteiger partial charge in [0.1, 0.15) is 11.4 Å². The van der Waals surface area contributed by atoms with Gasteiger partial charge in [0.05, 0.1) is 11.8 Å². The Kier molecular flexibility index (Phi) is 7.13. The molecule has 1 amide bonds. The van der Waals surface area contributed by atoms with Gasteiger partial charge in [-0.3, -0.25) is 0 Å². The van der Waals surface area contributed by atoms with E-state index in [2.05, 4.69) is 31.4 Å². The standard InChI is InChI=1S/C18H32N2O3/c1-7-18(8-2,20-16(21)23-17(4,5)6)13-19-14(3)12-15-10-9-11-22-15/h9-11,14,19H,7-8,12-13H2,1-6H3,(H,20,21). The first-order valence-corrected chi connectivity index (χ1v) is 8.46. The first kappa shape index (κ1) is 19.6. The Morgan fingerprint density at radius 1 is 1.30 bits per heavy atom. The second-order valence-electron chi connectivity index (χ2n) is 7.18. The molecule has 0 aliphatic carbocycles. The van der Waals surface area contributed by atoms with E-state index in [0.29, 0.717) is 6.54 Å². The molecule has 1 heterocycles. The number of rotatable bonds is 8. The van der Waals surface area contributed by atoms with Crippen LogP contribution in [0.2, 0.25) is 0 Å². The summed E-state index contributed by atoms with van der Waals surface area (Å²) in [5.41, 5.74) is -0.795. The normalized spacial score (nSPS) is 13.7. The quantitative estimate of drug-likeness (QED) is 0.761. The molecule has 1 atom stereocenters. The minimum absolute atomic E-state index is 0.263. The zero-order valence-electron chi connectivity index (χ0n) is 15.4. The predicted octanol–water partition coefficient (Wildman–Crippen LogP) is 3.88. The van der Waals surface area contributed by atoms with Crippen LogP contribution in [0.4, 0.5) is 4.79 Å². The fourth-order valence-electron chi connectivity index (χ4n) is 2.41. The van der Waals surface area contributed by atoms with Crippen molar-refractivity contribution in [2.24, 2.45) is 0 Å². The first-order valence-electron chi connectivity index (χ1n) is 8.46. The lowest BCUT2D eigenvalue weighted by Gasteiger charge is -2.35. The molecule has 132 valence electrons. The molecule has 1 rings (SSSR count). The van der Waals surface area contributed by atoms with Crippen molar-refractivity contribution in [1.82, 2.24) is 10.6 Å². The van der Waals surface area contributed by atoms with Crippen LogP contribution in [0, 0.1) is 0 Å². The Labute approximate surface area is 140 Å². The van der Waals surface area contributed by atoms with E-state index in [0.717, 1.165) is 25.0 Å². The van der Waals surface area contributed by atoms with Gasteiger partial charge in [-0.1, -0.05) is 13.8 Å². The van der Waals surface area contributed by atoms with Crippen molar-refractivity contribution in [3.63, 3.8) is 0 Å². The van der Waals surface area contributed by atoms with Crippen LogP contribution in [0.5, 0.6) is 0 Å². The van der Waals surface area contributed by atoms with E-state index in [-0.39, 0.29) is 17.7 Å². The van der Waals surface area contributed by atoms with Crippen LogP contribution in [0.3, 0.4) is 0 Å². The number of ether oxygens (including phenoxy) is 1. The smallest absolute Gasteiger partial charge is 0.408 e. The van der Waals surface area contributed by atoms with Gasteiger partial charge in [0.25, 0.3) is 0 Å². The first-order chi connectivity index (χ1) is 10.7. The van der Waals surface area contributed by atoms with E-state index < -0.39 is 5.60 Å². The fraction of sp³-hybridized carbons (Fsp3) is 0.722. The SMILES string of the molecule is CCC(CC)(CNC(C)Cc1ccco1)NC(=O)OC(C)(C)C. The summed E-state index contributed by atoms with van der Waals surface area (Å²) < 4.78 is 10.8. The Hall–Kier alpha value is -1.49. The van der Waals surface area contributed by atoms with Gasteiger partial charge < -0.3 is 19.8 Å². The minimum atomic E-state index is -0.489. The molecule has 0 aliphatic heterocycles. The molecular formula is C18H32N2O3. The summed E-state index contributed by atoms with van der Waals surface area (Å²) in [6, 6.07) is 4.14. The summed E-state index contributed by atoms with van der Waals surface area (Å²) >= 11 is 0. The van der Waals surface area contributed by atoms with Crippen molar-refractivity contribution >= 4 is 6.09 Å². The third-order valence-corrected chi connectivity index (χ3v) is 4.00. The van der Waals surface area contributed by atoms with Gasteiger partial charge in [-0.25, -0.2) is 4.79 Å². The van der Waals surface area contributed by atoms with Crippen molar-refractivity contribution in [2.45, 2.75) is 78.0 Å². The molecule has 1 aromatic heterocycles. The van der Waals surface area contributed by atoms with Crippen LogP contribution >= 0.6 is 0 Å². The summed E-state index contributed by atoms with van der Waals surface area (Å²) in [5.74, 6) is 0.962. The van der Waals surface area contributed by atoms with Crippen LogP contribution in [0.25, 0.3) is 0 Å². The van der Waals surface area contributed by atoms with E-state index >= 15 is 0 Å². The van der Waals surface area contributed by atoms with Crippen molar-refractivity contribution in [1.29, 1.82) is 0 Å². The highest BCUT2D eigenvalue weighted by molar-refractivity contribution is 5.68. The van der Waals surface area contributed by atoms with E-state index in [1.807, 2.05) is 32.9 Å². The Balaban J connectivity index is 2.56. The molecule has 0 aliphatic rings. The molecule has 2 N–H and O–H groups in total. The highest BCUT2D eigenvalue weighted by Gasteiger charge is 2.30. The number of furan rings is 1. The minimum Gasteiger partial charge on any atom is -0.469 e. The number of nitrogens with one attached hydrogen (secondary N) is 2. The molecule has 0 spiro atoms. The summed E-state index contributed by atoms with van der Waals surface area (Å²) in [7, 11) is 0. The van der Waals surface area contributed by atoms with Crippen molar-refractivity contribution < 1.29 is 13.9 Å². The molecule has 0 saturated carbocycles. The lowest BCUT2D eigenvalue weighted by molar-refractivity contribution is 0.0444. The lowest BCUT2D eigenvalue weighted by atomic mass is 9.92. The highest BCUT2D eigenvalue weighted by atomic mass is 16.6. The number of hydrogen-bond donors (Lipinski definition) is 2. The number of alkyl carbamates (subject to hydrolysis) is 1. The number of carbonyl (C=O) groups excluding carboxylic acids is 1. The van der Waals surface area contributed by atoms with Gasteiger partial charge in [-0.05, 0) is 52.7 Å². The van der Waals surface area contributed by atoms with Gasteiger partial charge >= 0.3 is 6.09 Å². The third-order valence-electron chi connectivity index (χ3n) is 4.00. The van der Waals surface area contributed by atoms with Crippen LogP contribution in [0.1, 0.15) is 60.1 Å². The molecule has 5 nitrogen and oxygen atoms in total. The second-order valence-corrected chi connectivity index (χ2v) is 7.18. The summed E-state index contributed by atoms with van der Waals surface area (Å²) in [5, 5.41) is 6.56. The van der Waals surface area contributed by atoms with Crippen molar-refractivity contribution in [2.75, 3.05) is 6.54 Å². The van der Waals surface area contributed by atoms with Gasteiger partial charge in [-0.2, -0.15) is 0 Å². The van der Waals surface area contributed by atoms with E-state index in [9.17, 15) is 4.79 Å². The van der Waals surface area contributed by atoms with Crippen LogP contribution in [0.15, 0.2) is 22.8 Å². The summed E-state index contributed by atoms with van der Waals surface area (Å²) in [6.45, 7) is 12.6. The summed E-state index contributed by atoms with van der Waals surface area (Å²) in [6.07, 6.45) is 3.82. The third kappa shape index (κ3) is 7.08. The zero-order valence-corrected chi connectivity index (χ0v) is 15.4. The monoisotopic (exact) mass is 324 g/mol. The molecule has 1 unspecified atom stereocenters. The fourth-order valence-corrected chi connectivity index (χ4v) is 2.41. The second kappa shape index (κ2) is 8.39. The average Bonchev–Trinajstić information content (AvgIpc) is 2.94. The Bertz CT molecular complexity index is 459. The average molecular weight is 324 g/mol. The maximum Gasteiger partial charge on any atom is 0.408 e. The highest BCUT2D eigenvalue weighted by Crippen LogP contribution is 2.17. The molecule has 1 aromatic rings. The topological polar surface area (TPSA) is 63.5 Å². The largest absolute Gasteiger partial charge is 0.469 e. The maximum absolute atomic E-state index is 12.1. The Morgan fingerprint density at radius 2 is 1.96 bits per heavy atom. The van der Waals surface area contributed by atoms with E-state index in [4.69, 9.17) is 9.15 Å². The maximum atomic E-state index is 12.1. The van der Waals surface area contributed by atoms with E-state index in [1.54, 1.807) is 6.26 Å². The molecule has 5 heteroatoms. The molecule has 0 bridgehead atoms. The van der Waals surface area contributed by atoms with Gasteiger partial charge in [-0.15, -0.1) is 0 Å². The van der Waals surface area contributed by atoms with Gasteiger partial charge in [0.2, 0.25) is 0 Å². The molecular weight excluding hydrogens is 292 g/mol. The number of carbonyl (C=O) groups is 1. The molecule has 0 saturated heterocycles. The Morgan fingerprint density at radius 3 is 2.43 bits per heavy atom. The number of hydrogen-bond acceptors (Lipinski definition) is 4. The predicted molar refractivity (Wildman–Crippen MR) is 92.6 cm³/mol. The van der Waals surface area contributed by atoms with Crippen LogP contribution in [-0.2, 0) is 11.2 Å². The lowest BCUT2D eigenvalue weighted by Crippen LogP contribution is -2.56. The molecule has 23 heavy (non-hydrogen) atoms. The van der Waals surface area contributed by atoms with E-state index in [1.165, 1.54) is 0 Å². The number of amides is 1. The van der Waals surface area contributed by atoms with Crippen molar-refractivity contribution in [3.8, 4) is 0 Å². The molecule has 0 fully saturated rings. The van der Waals surface area contributed by atoms with Crippen molar-refractivity contribution in [3.05, 3.63) is 24.2 Å². The van der Waals surface area contributed by atoms with Crippen LogP contribution in [-0.4, -0.2) is 29.8 Å². The summed E-state index contributed by atoms with van der Waals surface area (Å²) in [4.78, 5) is 12.1. The van der Waals surface area contributed by atoms with Crippen LogP contribution < -0.4 is 10.6 Å². The molecule has 0 radical (unpaired) electrons. The van der Waals surface area contributed by atoms with Gasteiger partial charge in [0, 0.05) is 19.0 Å².